The van der Waals surface area contributed by atoms with E-state index in [-0.39, 0.29) is 5.28 Å². The number of hydrogen-bond acceptors (Lipinski definition) is 4. The Bertz CT molecular complexity index is 698. The van der Waals surface area contributed by atoms with Gasteiger partial charge in [0.1, 0.15) is 11.2 Å². The van der Waals surface area contributed by atoms with Crippen LogP contribution in [-0.2, 0) is 14.1 Å². The molecule has 0 aromatic carbocycles. The molecule has 0 saturated heterocycles. The molecule has 3 rings (SSSR count). The molecule has 0 bridgehead atoms. The molecule has 0 aliphatic rings. The average molecular weight is 249 g/mol. The van der Waals surface area contributed by atoms with Gasteiger partial charge in [0.25, 0.3) is 0 Å². The summed E-state index contributed by atoms with van der Waals surface area (Å²) >= 11 is 5.92. The molecule has 0 saturated carbocycles. The second-order valence-electron chi connectivity index (χ2n) is 3.77. The van der Waals surface area contributed by atoms with Crippen LogP contribution in [0, 0.1) is 0 Å². The second kappa shape index (κ2) is 3.53. The standard InChI is InChI=1S/C10H9ClN6/c1-16-5-12-8-7(6-3-13-17(2)4-6)14-10(11)15-9(8)16/h3-5H,1-2H3. The molecule has 86 valence electrons. The van der Waals surface area contributed by atoms with Gasteiger partial charge < -0.3 is 4.57 Å². The summed E-state index contributed by atoms with van der Waals surface area (Å²) in [6, 6.07) is 0. The van der Waals surface area contributed by atoms with E-state index in [0.29, 0.717) is 11.3 Å². The van der Waals surface area contributed by atoms with Crippen molar-refractivity contribution >= 4 is 22.8 Å². The van der Waals surface area contributed by atoms with E-state index in [1.54, 1.807) is 17.2 Å². The van der Waals surface area contributed by atoms with E-state index >= 15 is 0 Å². The number of imidazole rings is 1. The van der Waals surface area contributed by atoms with Crippen molar-refractivity contribution in [3.05, 3.63) is 24.0 Å². The summed E-state index contributed by atoms with van der Waals surface area (Å²) < 4.78 is 3.52. The van der Waals surface area contributed by atoms with E-state index in [9.17, 15) is 0 Å². The molecule has 7 heteroatoms. The van der Waals surface area contributed by atoms with Crippen LogP contribution in [0.2, 0.25) is 5.28 Å². The lowest BCUT2D eigenvalue weighted by Crippen LogP contribution is -1.93. The van der Waals surface area contributed by atoms with Crippen molar-refractivity contribution in [1.82, 2.24) is 29.3 Å². The molecule has 3 aromatic heterocycles. The van der Waals surface area contributed by atoms with Gasteiger partial charge in [0.15, 0.2) is 5.65 Å². The molecule has 0 aliphatic heterocycles. The predicted octanol–water partition coefficient (Wildman–Crippen LogP) is 1.42. The van der Waals surface area contributed by atoms with Crippen molar-refractivity contribution in [2.24, 2.45) is 14.1 Å². The lowest BCUT2D eigenvalue weighted by molar-refractivity contribution is 0.768. The van der Waals surface area contributed by atoms with Crippen molar-refractivity contribution in [2.45, 2.75) is 0 Å². The maximum Gasteiger partial charge on any atom is 0.225 e. The third-order valence-corrected chi connectivity index (χ3v) is 2.68. The molecule has 0 spiro atoms. The summed E-state index contributed by atoms with van der Waals surface area (Å²) in [4.78, 5) is 12.7. The molecule has 3 aromatic rings. The van der Waals surface area contributed by atoms with Crippen LogP contribution in [0.5, 0.6) is 0 Å². The van der Waals surface area contributed by atoms with E-state index in [1.807, 2.05) is 24.9 Å². The van der Waals surface area contributed by atoms with Crippen LogP contribution in [0.3, 0.4) is 0 Å². The van der Waals surface area contributed by atoms with Gasteiger partial charge in [-0.3, -0.25) is 4.68 Å². The Morgan fingerprint density at radius 2 is 2.06 bits per heavy atom. The maximum atomic E-state index is 5.92. The topological polar surface area (TPSA) is 61.4 Å². The zero-order valence-electron chi connectivity index (χ0n) is 9.29. The molecule has 3 heterocycles. The molecule has 0 radical (unpaired) electrons. The van der Waals surface area contributed by atoms with Crippen molar-refractivity contribution < 1.29 is 0 Å². The molecule has 0 fully saturated rings. The normalized spacial score (nSPS) is 11.2. The van der Waals surface area contributed by atoms with Crippen molar-refractivity contribution in [2.75, 3.05) is 0 Å². The lowest BCUT2D eigenvalue weighted by Gasteiger charge is -1.99. The van der Waals surface area contributed by atoms with Crippen LogP contribution in [0.25, 0.3) is 22.4 Å². The van der Waals surface area contributed by atoms with E-state index < -0.39 is 0 Å². The zero-order valence-corrected chi connectivity index (χ0v) is 10.0. The van der Waals surface area contributed by atoms with Crippen LogP contribution >= 0.6 is 11.6 Å². The van der Waals surface area contributed by atoms with Gasteiger partial charge in [0, 0.05) is 25.9 Å². The molecule has 0 amide bonds. The number of hydrogen-bond donors (Lipinski definition) is 0. The van der Waals surface area contributed by atoms with E-state index in [0.717, 1.165) is 11.1 Å². The number of fused-ring (bicyclic) bond motifs is 1. The Balaban J connectivity index is 2.35. The van der Waals surface area contributed by atoms with Gasteiger partial charge in [-0.1, -0.05) is 0 Å². The van der Waals surface area contributed by atoms with Crippen LogP contribution in [-0.4, -0.2) is 29.3 Å². The maximum absolute atomic E-state index is 5.92. The minimum absolute atomic E-state index is 0.208. The van der Waals surface area contributed by atoms with Crippen molar-refractivity contribution in [3.63, 3.8) is 0 Å². The monoisotopic (exact) mass is 248 g/mol. The Morgan fingerprint density at radius 1 is 1.24 bits per heavy atom. The lowest BCUT2D eigenvalue weighted by atomic mass is 10.2. The van der Waals surface area contributed by atoms with Crippen LogP contribution in [0.1, 0.15) is 0 Å². The molecule has 0 atom stereocenters. The van der Waals surface area contributed by atoms with Gasteiger partial charge in [0.2, 0.25) is 5.28 Å². The minimum Gasteiger partial charge on any atom is -0.318 e. The number of nitrogens with zero attached hydrogens (tertiary/aromatic N) is 6. The molecule has 0 unspecified atom stereocenters. The molecule has 17 heavy (non-hydrogen) atoms. The number of rotatable bonds is 1. The third-order valence-electron chi connectivity index (χ3n) is 2.51. The summed E-state index contributed by atoms with van der Waals surface area (Å²) in [7, 11) is 3.72. The second-order valence-corrected chi connectivity index (χ2v) is 4.11. The van der Waals surface area contributed by atoms with Gasteiger partial charge in [-0.25, -0.2) is 9.97 Å². The summed E-state index contributed by atoms with van der Waals surface area (Å²) in [5, 5.41) is 4.32. The van der Waals surface area contributed by atoms with Crippen molar-refractivity contribution in [3.8, 4) is 11.3 Å². The zero-order chi connectivity index (χ0) is 12.0. The summed E-state index contributed by atoms with van der Waals surface area (Å²) in [6.07, 6.45) is 5.29. The molecule has 0 aliphatic carbocycles. The number of halogens is 1. The van der Waals surface area contributed by atoms with Gasteiger partial charge in [-0.05, 0) is 11.6 Å². The largest absolute Gasteiger partial charge is 0.318 e. The summed E-state index contributed by atoms with van der Waals surface area (Å²) in [5.74, 6) is 0. The van der Waals surface area contributed by atoms with Gasteiger partial charge >= 0.3 is 0 Å². The van der Waals surface area contributed by atoms with Crippen LogP contribution in [0.15, 0.2) is 18.7 Å². The van der Waals surface area contributed by atoms with E-state index in [2.05, 4.69) is 20.1 Å². The first-order valence-electron chi connectivity index (χ1n) is 4.99. The van der Waals surface area contributed by atoms with Crippen molar-refractivity contribution in [1.29, 1.82) is 0 Å². The fourth-order valence-electron chi connectivity index (χ4n) is 1.73. The Hall–Kier alpha value is -1.95. The summed E-state index contributed by atoms with van der Waals surface area (Å²) in [5.41, 5.74) is 3.02. The van der Waals surface area contributed by atoms with Gasteiger partial charge in [-0.15, -0.1) is 0 Å². The first-order chi connectivity index (χ1) is 8.15. The van der Waals surface area contributed by atoms with Gasteiger partial charge in [0.05, 0.1) is 12.5 Å². The molecule has 0 N–H and O–H groups in total. The third kappa shape index (κ3) is 1.57. The minimum atomic E-state index is 0.208. The fourth-order valence-corrected chi connectivity index (χ4v) is 1.89. The molecule has 6 nitrogen and oxygen atoms in total. The van der Waals surface area contributed by atoms with Gasteiger partial charge in [-0.2, -0.15) is 10.1 Å². The van der Waals surface area contributed by atoms with Crippen LogP contribution < -0.4 is 0 Å². The summed E-state index contributed by atoms with van der Waals surface area (Å²) in [6.45, 7) is 0. The molecular formula is C10H9ClN6. The number of aromatic nitrogens is 6. The number of aryl methyl sites for hydroxylation is 2. The molecular weight excluding hydrogens is 240 g/mol. The average Bonchev–Trinajstić information content (AvgIpc) is 2.86. The SMILES string of the molecule is Cn1cc(-c2nc(Cl)nc3c2ncn3C)cn1. The van der Waals surface area contributed by atoms with E-state index in [4.69, 9.17) is 11.6 Å². The quantitative estimate of drug-likeness (QED) is 0.611. The van der Waals surface area contributed by atoms with Crippen LogP contribution in [0.4, 0.5) is 0 Å². The predicted molar refractivity (Wildman–Crippen MR) is 63.5 cm³/mol. The smallest absolute Gasteiger partial charge is 0.225 e. The highest BCUT2D eigenvalue weighted by molar-refractivity contribution is 6.28. The van der Waals surface area contributed by atoms with E-state index in [1.165, 1.54) is 0 Å². The highest BCUT2D eigenvalue weighted by atomic mass is 35.5. The highest BCUT2D eigenvalue weighted by Crippen LogP contribution is 2.25. The Labute approximate surface area is 102 Å². The highest BCUT2D eigenvalue weighted by Gasteiger charge is 2.13. The Kier molecular flexibility index (Phi) is 2.12. The first-order valence-corrected chi connectivity index (χ1v) is 5.36. The Morgan fingerprint density at radius 3 is 2.76 bits per heavy atom. The fraction of sp³-hybridized carbons (Fsp3) is 0.200. The first kappa shape index (κ1) is 10.2.